The lowest BCUT2D eigenvalue weighted by Crippen LogP contribution is -2.50. The second-order valence-corrected chi connectivity index (χ2v) is 6.78. The molecule has 3 rings (SSSR count). The Morgan fingerprint density at radius 3 is 2.58 bits per heavy atom. The molecule has 0 spiro atoms. The first-order chi connectivity index (χ1) is 11.4. The van der Waals surface area contributed by atoms with Crippen LogP contribution in [0.15, 0.2) is 24.4 Å². The summed E-state index contributed by atoms with van der Waals surface area (Å²) in [4.78, 5) is 20.4. The van der Waals surface area contributed by atoms with E-state index in [1.165, 1.54) is 0 Å². The number of carbonyl (C=O) groups is 1. The fourth-order valence-corrected chi connectivity index (χ4v) is 2.74. The monoisotopic (exact) mass is 327 g/mol. The first-order valence-corrected chi connectivity index (χ1v) is 7.99. The van der Waals surface area contributed by atoms with Crippen LogP contribution in [0.5, 0.6) is 0 Å². The Bertz CT molecular complexity index is 791. The first kappa shape index (κ1) is 16.1. The number of pyridine rings is 1. The molecule has 0 N–H and O–H groups in total. The molecule has 0 aliphatic carbocycles. The zero-order valence-electron chi connectivity index (χ0n) is 14.2. The van der Waals surface area contributed by atoms with Gasteiger partial charge in [-0.15, -0.1) is 0 Å². The molecule has 0 saturated carbocycles. The number of piperazine rings is 1. The van der Waals surface area contributed by atoms with Crippen molar-refractivity contribution in [1.29, 1.82) is 5.26 Å². The van der Waals surface area contributed by atoms with Gasteiger partial charge in [0.1, 0.15) is 17.3 Å². The van der Waals surface area contributed by atoms with E-state index in [4.69, 9.17) is 4.74 Å². The van der Waals surface area contributed by atoms with Gasteiger partial charge in [-0.2, -0.15) is 5.26 Å². The van der Waals surface area contributed by atoms with Gasteiger partial charge in [-0.25, -0.2) is 9.78 Å². The van der Waals surface area contributed by atoms with Gasteiger partial charge in [-0.05, 0) is 32.9 Å². The summed E-state index contributed by atoms with van der Waals surface area (Å²) in [7, 11) is 0. The maximum absolute atomic E-state index is 12.1. The number of nitrogens with zero attached hydrogens (tertiary/aromatic N) is 5. The summed E-state index contributed by atoms with van der Waals surface area (Å²) in [5.74, 6) is 0.674. The Hall–Kier alpha value is -2.75. The molecule has 24 heavy (non-hydrogen) atoms. The minimum atomic E-state index is -0.496. The molecule has 7 nitrogen and oxygen atoms in total. The van der Waals surface area contributed by atoms with Crippen LogP contribution in [0.4, 0.5) is 10.6 Å². The first-order valence-electron chi connectivity index (χ1n) is 7.99. The highest BCUT2D eigenvalue weighted by molar-refractivity contribution is 5.69. The third kappa shape index (κ3) is 3.13. The number of rotatable bonds is 1. The zero-order valence-corrected chi connectivity index (χ0v) is 14.2. The van der Waals surface area contributed by atoms with Gasteiger partial charge in [-0.3, -0.25) is 4.40 Å². The van der Waals surface area contributed by atoms with Crippen molar-refractivity contribution in [2.24, 2.45) is 0 Å². The number of imidazole rings is 1. The number of anilines is 1. The van der Waals surface area contributed by atoms with Gasteiger partial charge >= 0.3 is 6.09 Å². The topological polar surface area (TPSA) is 73.9 Å². The maximum atomic E-state index is 12.1. The van der Waals surface area contributed by atoms with Gasteiger partial charge < -0.3 is 14.5 Å². The molecule has 2 aromatic rings. The standard InChI is InChI=1S/C17H21N5O2/c1-17(2,3)24-16(23)21-10-8-20(9-11-21)15-13(12-18)22-7-5-4-6-14(22)19-15/h4-7H,8-11H2,1-3H3. The van der Waals surface area contributed by atoms with Crippen molar-refractivity contribution in [2.75, 3.05) is 31.1 Å². The zero-order chi connectivity index (χ0) is 17.3. The van der Waals surface area contributed by atoms with Crippen molar-refractivity contribution in [1.82, 2.24) is 14.3 Å². The minimum absolute atomic E-state index is 0.294. The molecule has 1 amide bonds. The molecule has 1 saturated heterocycles. The second kappa shape index (κ2) is 6.04. The third-order valence-corrected chi connectivity index (χ3v) is 3.85. The second-order valence-electron chi connectivity index (χ2n) is 6.78. The van der Waals surface area contributed by atoms with Crippen molar-refractivity contribution in [2.45, 2.75) is 26.4 Å². The highest BCUT2D eigenvalue weighted by atomic mass is 16.6. The Morgan fingerprint density at radius 1 is 1.25 bits per heavy atom. The molecule has 3 heterocycles. The summed E-state index contributed by atoms with van der Waals surface area (Å²) >= 11 is 0. The summed E-state index contributed by atoms with van der Waals surface area (Å²) in [6.45, 7) is 7.92. The fourth-order valence-electron chi connectivity index (χ4n) is 2.74. The number of nitriles is 1. The summed E-state index contributed by atoms with van der Waals surface area (Å²) < 4.78 is 7.19. The van der Waals surface area contributed by atoms with Gasteiger partial charge in [0.15, 0.2) is 11.5 Å². The van der Waals surface area contributed by atoms with Gasteiger partial charge in [-0.1, -0.05) is 6.07 Å². The van der Waals surface area contributed by atoms with E-state index in [1.54, 1.807) is 9.30 Å². The van der Waals surface area contributed by atoms with Gasteiger partial charge in [0.05, 0.1) is 0 Å². The molecular formula is C17H21N5O2. The molecule has 126 valence electrons. The number of hydrogen-bond acceptors (Lipinski definition) is 5. The Balaban J connectivity index is 1.74. The number of carbonyl (C=O) groups excluding carboxylic acids is 1. The van der Waals surface area contributed by atoms with Crippen LogP contribution < -0.4 is 4.90 Å². The van der Waals surface area contributed by atoms with Crippen LogP contribution in [0, 0.1) is 11.3 Å². The molecule has 0 atom stereocenters. The molecule has 1 aliphatic heterocycles. The summed E-state index contributed by atoms with van der Waals surface area (Å²) in [5.41, 5.74) is 0.777. The molecule has 7 heteroatoms. The van der Waals surface area contributed by atoms with Crippen LogP contribution in [0.25, 0.3) is 5.65 Å². The van der Waals surface area contributed by atoms with Crippen molar-refractivity contribution in [3.8, 4) is 6.07 Å². The Kier molecular flexibility index (Phi) is 4.06. The van der Waals surface area contributed by atoms with E-state index in [2.05, 4.69) is 11.1 Å². The van der Waals surface area contributed by atoms with E-state index >= 15 is 0 Å². The summed E-state index contributed by atoms with van der Waals surface area (Å²) in [5, 5.41) is 9.48. The molecule has 1 fully saturated rings. The number of fused-ring (bicyclic) bond motifs is 1. The number of ether oxygens (including phenoxy) is 1. The van der Waals surface area contributed by atoms with Crippen LogP contribution in [0.3, 0.4) is 0 Å². The Morgan fingerprint density at radius 2 is 1.96 bits per heavy atom. The van der Waals surface area contributed by atoms with Gasteiger partial charge in [0.25, 0.3) is 0 Å². The highest BCUT2D eigenvalue weighted by Crippen LogP contribution is 2.22. The van der Waals surface area contributed by atoms with Crippen LogP contribution in [0.2, 0.25) is 0 Å². The highest BCUT2D eigenvalue weighted by Gasteiger charge is 2.28. The summed E-state index contributed by atoms with van der Waals surface area (Å²) in [6.07, 6.45) is 1.54. The smallest absolute Gasteiger partial charge is 0.410 e. The molecule has 0 unspecified atom stereocenters. The molecule has 0 aromatic carbocycles. The van der Waals surface area contributed by atoms with E-state index < -0.39 is 5.60 Å². The predicted molar refractivity (Wildman–Crippen MR) is 89.9 cm³/mol. The lowest BCUT2D eigenvalue weighted by atomic mass is 10.2. The van der Waals surface area contributed by atoms with Crippen LogP contribution >= 0.6 is 0 Å². The van der Waals surface area contributed by atoms with Crippen molar-refractivity contribution in [3.63, 3.8) is 0 Å². The van der Waals surface area contributed by atoms with E-state index in [1.807, 2.05) is 50.1 Å². The SMILES string of the molecule is CC(C)(C)OC(=O)N1CCN(c2nc3ccccn3c2C#N)CC1. The Labute approximate surface area is 141 Å². The van der Waals surface area contributed by atoms with E-state index in [0.29, 0.717) is 37.7 Å². The normalized spacial score (nSPS) is 15.4. The van der Waals surface area contributed by atoms with Crippen molar-refractivity contribution < 1.29 is 9.53 Å². The van der Waals surface area contributed by atoms with Crippen LogP contribution in [-0.4, -0.2) is 52.2 Å². The minimum Gasteiger partial charge on any atom is -0.444 e. The maximum Gasteiger partial charge on any atom is 0.410 e. The number of amides is 1. The van der Waals surface area contributed by atoms with E-state index in [-0.39, 0.29) is 6.09 Å². The van der Waals surface area contributed by atoms with E-state index in [9.17, 15) is 10.1 Å². The molecule has 2 aromatic heterocycles. The number of hydrogen-bond donors (Lipinski definition) is 0. The predicted octanol–water partition coefficient (Wildman–Crippen LogP) is 2.26. The molecular weight excluding hydrogens is 306 g/mol. The molecule has 1 aliphatic rings. The summed E-state index contributed by atoms with van der Waals surface area (Å²) in [6, 6.07) is 7.88. The largest absolute Gasteiger partial charge is 0.444 e. The average molecular weight is 327 g/mol. The number of aromatic nitrogens is 2. The van der Waals surface area contributed by atoms with Crippen LogP contribution in [0.1, 0.15) is 26.5 Å². The van der Waals surface area contributed by atoms with Crippen molar-refractivity contribution in [3.05, 3.63) is 30.1 Å². The van der Waals surface area contributed by atoms with E-state index in [0.717, 1.165) is 5.65 Å². The lowest BCUT2D eigenvalue weighted by Gasteiger charge is -2.35. The fraction of sp³-hybridized carbons (Fsp3) is 0.471. The van der Waals surface area contributed by atoms with Crippen LogP contribution in [-0.2, 0) is 4.74 Å². The van der Waals surface area contributed by atoms with Gasteiger partial charge in [0, 0.05) is 32.4 Å². The molecule has 0 bridgehead atoms. The van der Waals surface area contributed by atoms with Gasteiger partial charge in [0.2, 0.25) is 0 Å². The van der Waals surface area contributed by atoms with Crippen molar-refractivity contribution >= 4 is 17.6 Å². The quantitative estimate of drug-likeness (QED) is 0.803. The molecule has 0 radical (unpaired) electrons. The lowest BCUT2D eigenvalue weighted by molar-refractivity contribution is 0.0240. The average Bonchev–Trinajstić information content (AvgIpc) is 2.92. The third-order valence-electron chi connectivity index (χ3n) is 3.85.